The fourth-order valence-corrected chi connectivity index (χ4v) is 4.48. The van der Waals surface area contributed by atoms with Gasteiger partial charge in [0.15, 0.2) is 5.76 Å². The van der Waals surface area contributed by atoms with Gasteiger partial charge in [0.25, 0.3) is 15.9 Å². The molecule has 2 rings (SSSR count). The molecule has 0 aromatic carbocycles. The minimum Gasteiger partial charge on any atom is -0.438 e. The summed E-state index contributed by atoms with van der Waals surface area (Å²) in [4.78, 5) is 14.7. The van der Waals surface area contributed by atoms with Crippen molar-refractivity contribution in [3.05, 3.63) is 17.9 Å². The zero-order chi connectivity index (χ0) is 19.5. The smallest absolute Gasteiger partial charge is 0.287 e. The Labute approximate surface area is 156 Å². The lowest BCUT2D eigenvalue weighted by Crippen LogP contribution is -2.46. The summed E-state index contributed by atoms with van der Waals surface area (Å²) in [6, 6.07) is 2.92. The lowest BCUT2D eigenvalue weighted by atomic mass is 9.99. The molecule has 1 aromatic rings. The summed E-state index contributed by atoms with van der Waals surface area (Å²) in [6.45, 7) is 12.1. The number of hydrogen-bond donors (Lipinski definition) is 2. The first-order valence-corrected chi connectivity index (χ1v) is 10.6. The second-order valence-electron chi connectivity index (χ2n) is 8.28. The molecule has 0 saturated carbocycles. The SMILES string of the molecule is CC1CCCN(C(C)CNC(=O)c2ccc(S(=O)(=O)NC(C)(C)C)o2)C1. The minimum atomic E-state index is -3.79. The molecular formula is C18H31N3O4S. The van der Waals surface area contributed by atoms with Crippen molar-refractivity contribution in [2.45, 2.75) is 64.1 Å². The number of nitrogens with one attached hydrogen (secondary N) is 2. The summed E-state index contributed by atoms with van der Waals surface area (Å²) >= 11 is 0. The Bertz CT molecular complexity index is 721. The molecule has 148 valence electrons. The van der Waals surface area contributed by atoms with Crippen LogP contribution in [0.25, 0.3) is 0 Å². The van der Waals surface area contributed by atoms with Crippen LogP contribution < -0.4 is 10.0 Å². The monoisotopic (exact) mass is 385 g/mol. The third-order valence-electron chi connectivity index (χ3n) is 4.38. The van der Waals surface area contributed by atoms with Gasteiger partial charge in [-0.2, -0.15) is 0 Å². The maximum absolute atomic E-state index is 12.3. The molecular weight excluding hydrogens is 354 g/mol. The Balaban J connectivity index is 1.93. The number of carbonyl (C=O) groups is 1. The Morgan fingerprint density at radius 3 is 2.69 bits per heavy atom. The van der Waals surface area contributed by atoms with Crippen LogP contribution in [0.5, 0.6) is 0 Å². The topological polar surface area (TPSA) is 91.7 Å². The van der Waals surface area contributed by atoms with Gasteiger partial charge in [0.1, 0.15) is 0 Å². The summed E-state index contributed by atoms with van der Waals surface area (Å²) in [5, 5.41) is 2.58. The lowest BCUT2D eigenvalue weighted by Gasteiger charge is -2.35. The van der Waals surface area contributed by atoms with Gasteiger partial charge in [-0.1, -0.05) is 6.92 Å². The van der Waals surface area contributed by atoms with E-state index in [-0.39, 0.29) is 16.9 Å². The number of amides is 1. The third-order valence-corrected chi connectivity index (χ3v) is 6.01. The Kier molecular flexibility index (Phi) is 6.52. The number of hydrogen-bond acceptors (Lipinski definition) is 5. The molecule has 0 aliphatic carbocycles. The van der Waals surface area contributed by atoms with Crippen LogP contribution >= 0.6 is 0 Å². The van der Waals surface area contributed by atoms with Crippen LogP contribution in [-0.2, 0) is 10.0 Å². The molecule has 7 nitrogen and oxygen atoms in total. The van der Waals surface area contributed by atoms with Crippen LogP contribution in [0.1, 0.15) is 58.0 Å². The highest BCUT2D eigenvalue weighted by Crippen LogP contribution is 2.18. The standard InChI is InChI=1S/C18H31N3O4S/c1-13-7-6-10-21(12-13)14(2)11-19-17(22)15-8-9-16(25-15)26(23,24)20-18(3,4)5/h8-9,13-14,20H,6-7,10-12H2,1-5H3,(H,19,22). The Morgan fingerprint density at radius 1 is 1.38 bits per heavy atom. The predicted molar refractivity (Wildman–Crippen MR) is 101 cm³/mol. The van der Waals surface area contributed by atoms with Gasteiger partial charge in [-0.05, 0) is 65.1 Å². The van der Waals surface area contributed by atoms with E-state index in [1.807, 2.05) is 0 Å². The fraction of sp³-hybridized carbons (Fsp3) is 0.722. The summed E-state index contributed by atoms with van der Waals surface area (Å²) in [5.74, 6) is 0.271. The molecule has 2 heterocycles. The zero-order valence-corrected chi connectivity index (χ0v) is 17.1. The van der Waals surface area contributed by atoms with E-state index >= 15 is 0 Å². The molecule has 1 aromatic heterocycles. The molecule has 2 atom stereocenters. The van der Waals surface area contributed by atoms with Crippen molar-refractivity contribution in [1.82, 2.24) is 14.9 Å². The highest BCUT2D eigenvalue weighted by Gasteiger charge is 2.26. The Morgan fingerprint density at radius 2 is 2.08 bits per heavy atom. The summed E-state index contributed by atoms with van der Waals surface area (Å²) in [7, 11) is -3.79. The molecule has 0 radical (unpaired) electrons. The van der Waals surface area contributed by atoms with Crippen LogP contribution in [-0.4, -0.2) is 50.4 Å². The first-order valence-electron chi connectivity index (χ1n) is 9.14. The quantitative estimate of drug-likeness (QED) is 0.783. The summed E-state index contributed by atoms with van der Waals surface area (Å²) in [6.07, 6.45) is 2.43. The molecule has 1 saturated heterocycles. The van der Waals surface area contributed by atoms with Crippen molar-refractivity contribution in [3.63, 3.8) is 0 Å². The molecule has 1 amide bonds. The highest BCUT2D eigenvalue weighted by molar-refractivity contribution is 7.89. The number of sulfonamides is 1. The van der Waals surface area contributed by atoms with Gasteiger partial charge in [0, 0.05) is 24.7 Å². The van der Waals surface area contributed by atoms with Gasteiger partial charge in [-0.25, -0.2) is 13.1 Å². The fourth-order valence-electron chi connectivity index (χ4n) is 3.12. The molecule has 0 bridgehead atoms. The number of carbonyl (C=O) groups excluding carboxylic acids is 1. The van der Waals surface area contributed by atoms with Crippen molar-refractivity contribution >= 4 is 15.9 Å². The van der Waals surface area contributed by atoms with E-state index in [0.717, 1.165) is 13.1 Å². The number of furan rings is 1. The number of likely N-dealkylation sites (tertiary alicyclic amines) is 1. The van der Waals surface area contributed by atoms with E-state index in [1.165, 1.54) is 25.0 Å². The van der Waals surface area contributed by atoms with E-state index in [9.17, 15) is 13.2 Å². The summed E-state index contributed by atoms with van der Waals surface area (Å²) in [5.41, 5.74) is -0.630. The van der Waals surface area contributed by atoms with E-state index in [4.69, 9.17) is 4.42 Å². The number of nitrogens with zero attached hydrogens (tertiary/aromatic N) is 1. The summed E-state index contributed by atoms with van der Waals surface area (Å²) < 4.78 is 32.3. The van der Waals surface area contributed by atoms with Crippen molar-refractivity contribution in [2.24, 2.45) is 5.92 Å². The van der Waals surface area contributed by atoms with Gasteiger partial charge in [-0.15, -0.1) is 0 Å². The van der Waals surface area contributed by atoms with Gasteiger partial charge in [0.05, 0.1) is 0 Å². The lowest BCUT2D eigenvalue weighted by molar-refractivity contribution is 0.0886. The maximum atomic E-state index is 12.3. The van der Waals surface area contributed by atoms with Crippen LogP contribution in [0, 0.1) is 5.92 Å². The molecule has 1 fully saturated rings. The Hall–Kier alpha value is -1.38. The highest BCUT2D eigenvalue weighted by atomic mass is 32.2. The predicted octanol–water partition coefficient (Wildman–Crippen LogP) is 2.21. The molecule has 0 spiro atoms. The third kappa shape index (κ3) is 5.82. The normalized spacial score (nSPS) is 20.7. The van der Waals surface area contributed by atoms with Gasteiger partial charge in [0.2, 0.25) is 5.09 Å². The van der Waals surface area contributed by atoms with Gasteiger partial charge in [-0.3, -0.25) is 9.69 Å². The van der Waals surface area contributed by atoms with Gasteiger partial charge < -0.3 is 9.73 Å². The van der Waals surface area contributed by atoms with Crippen LogP contribution in [0.4, 0.5) is 0 Å². The van der Waals surface area contributed by atoms with E-state index in [0.29, 0.717) is 12.5 Å². The van der Waals surface area contributed by atoms with Crippen molar-refractivity contribution in [2.75, 3.05) is 19.6 Å². The van der Waals surface area contributed by atoms with E-state index in [2.05, 4.69) is 28.8 Å². The van der Waals surface area contributed by atoms with Crippen LogP contribution in [0.15, 0.2) is 21.6 Å². The van der Waals surface area contributed by atoms with E-state index < -0.39 is 21.5 Å². The first kappa shape index (κ1) is 20.9. The molecule has 2 unspecified atom stereocenters. The molecule has 8 heteroatoms. The second-order valence-corrected chi connectivity index (χ2v) is 9.89. The average Bonchev–Trinajstić information content (AvgIpc) is 3.01. The van der Waals surface area contributed by atoms with Crippen LogP contribution in [0.2, 0.25) is 0 Å². The molecule has 2 N–H and O–H groups in total. The minimum absolute atomic E-state index is 0.00139. The van der Waals surface area contributed by atoms with Crippen LogP contribution in [0.3, 0.4) is 0 Å². The molecule has 1 aliphatic heterocycles. The van der Waals surface area contributed by atoms with Gasteiger partial charge >= 0.3 is 0 Å². The molecule has 26 heavy (non-hydrogen) atoms. The van der Waals surface area contributed by atoms with Crippen molar-refractivity contribution in [3.8, 4) is 0 Å². The number of piperidine rings is 1. The zero-order valence-electron chi connectivity index (χ0n) is 16.3. The maximum Gasteiger partial charge on any atom is 0.287 e. The largest absolute Gasteiger partial charge is 0.438 e. The first-order chi connectivity index (χ1) is 12.0. The molecule has 1 aliphatic rings. The van der Waals surface area contributed by atoms with Crippen molar-refractivity contribution in [1.29, 1.82) is 0 Å². The van der Waals surface area contributed by atoms with E-state index in [1.54, 1.807) is 20.8 Å². The average molecular weight is 386 g/mol. The number of rotatable bonds is 6. The van der Waals surface area contributed by atoms with Crippen molar-refractivity contribution < 1.29 is 17.6 Å². The second kappa shape index (κ2) is 8.10.